The van der Waals surface area contributed by atoms with E-state index in [0.29, 0.717) is 0 Å². The van der Waals surface area contributed by atoms with Gasteiger partial charge in [-0.2, -0.15) is 57.1 Å². The van der Waals surface area contributed by atoms with Crippen LogP contribution in [0.1, 0.15) is 0 Å². The summed E-state index contributed by atoms with van der Waals surface area (Å²) in [6, 6.07) is 0. The number of rotatable bonds is 6. The quantitative estimate of drug-likeness (QED) is 0.483. The van der Waals surface area contributed by atoms with E-state index in [1.165, 1.54) is 0 Å². The summed E-state index contributed by atoms with van der Waals surface area (Å²) >= 11 is 0. The number of nitrogens with zero attached hydrogens (tertiary/aromatic N) is 1. The molecule has 15 heteroatoms. The van der Waals surface area contributed by atoms with Gasteiger partial charge in [0, 0.05) is 7.05 Å². The first-order valence-electron chi connectivity index (χ1n) is 4.99. The van der Waals surface area contributed by atoms with Crippen molar-refractivity contribution in [3.8, 4) is 0 Å². The van der Waals surface area contributed by atoms with Crippen LogP contribution < -0.4 is 0 Å². The molecule has 0 atom stereocenters. The average molecular weight is 381 g/mol. The molecule has 0 radical (unpaired) electrons. The Kier molecular flexibility index (Phi) is 5.27. The summed E-state index contributed by atoms with van der Waals surface area (Å²) in [4.78, 5) is 0. The molecule has 0 aliphatic carbocycles. The van der Waals surface area contributed by atoms with Crippen LogP contribution in [0.25, 0.3) is 0 Å². The van der Waals surface area contributed by atoms with Crippen molar-refractivity contribution in [1.29, 1.82) is 0 Å². The minimum absolute atomic E-state index is 0.0510. The molecule has 1 nitrogen and oxygen atoms in total. The first-order chi connectivity index (χ1) is 9.67. The molecule has 0 saturated carbocycles. The van der Waals surface area contributed by atoms with Crippen LogP contribution in [0.2, 0.25) is 0 Å². The highest BCUT2D eigenvalue weighted by atomic mass is 19.4. The number of alkyl halides is 13. The lowest BCUT2D eigenvalue weighted by Crippen LogP contribution is -2.70. The van der Waals surface area contributed by atoms with Crippen LogP contribution >= 0.6 is 0 Å². The van der Waals surface area contributed by atoms with E-state index in [4.69, 9.17) is 0 Å². The van der Waals surface area contributed by atoms with Gasteiger partial charge in [-0.15, -0.1) is 9.60 Å². The summed E-state index contributed by atoms with van der Waals surface area (Å²) in [5.41, 5.74) is 0. The smallest absolute Gasteiger partial charge is 0.198 e. The molecule has 0 fully saturated rings. The molecular weight excluding hydrogens is 376 g/mol. The summed E-state index contributed by atoms with van der Waals surface area (Å²) in [6.07, 6.45) is -7.46. The molecule has 0 heterocycles. The van der Waals surface area contributed by atoms with E-state index >= 15 is 0 Å². The highest BCUT2D eigenvalue weighted by molar-refractivity contribution is 5.10. The minimum Gasteiger partial charge on any atom is -0.198 e. The van der Waals surface area contributed by atoms with Crippen molar-refractivity contribution in [3.05, 3.63) is 0 Å². The molecule has 0 unspecified atom stereocenters. The van der Waals surface area contributed by atoms with Crippen molar-refractivity contribution < 1.29 is 61.6 Å². The Morgan fingerprint density at radius 3 is 1.13 bits per heavy atom. The molecule has 0 rings (SSSR count). The lowest BCUT2D eigenvalue weighted by Gasteiger charge is -2.39. The van der Waals surface area contributed by atoms with Gasteiger partial charge >= 0.3 is 35.8 Å². The van der Waals surface area contributed by atoms with Crippen LogP contribution in [0.3, 0.4) is 0 Å². The zero-order chi connectivity index (χ0) is 19.3. The maximum Gasteiger partial charge on any atom is 0.460 e. The standard InChI is InChI=1S/C8H5F14N/c1-23(22)2-3(9,10)4(11,12)5(13,14)6(15,16)7(17,18)8(19,20)21/h2H2,1H3. The van der Waals surface area contributed by atoms with Crippen LogP contribution in [0, 0.1) is 0 Å². The molecule has 0 saturated heterocycles. The second-order valence-corrected chi connectivity index (χ2v) is 4.26. The summed E-state index contributed by atoms with van der Waals surface area (Å²) in [7, 11) is -0.0510. The molecular formula is C8H5F14N. The summed E-state index contributed by atoms with van der Waals surface area (Å²) in [6.45, 7) is -2.98. The summed E-state index contributed by atoms with van der Waals surface area (Å²) in [5.74, 6) is -37.5. The predicted molar refractivity (Wildman–Crippen MR) is 44.5 cm³/mol. The van der Waals surface area contributed by atoms with Crippen LogP contribution in [-0.2, 0) is 0 Å². The van der Waals surface area contributed by atoms with E-state index in [9.17, 15) is 61.6 Å². The maximum atomic E-state index is 12.9. The van der Waals surface area contributed by atoms with E-state index in [1.807, 2.05) is 0 Å². The third kappa shape index (κ3) is 3.15. The van der Waals surface area contributed by atoms with Crippen LogP contribution in [0.15, 0.2) is 0 Å². The van der Waals surface area contributed by atoms with Gasteiger partial charge in [-0.25, -0.2) is 0 Å². The van der Waals surface area contributed by atoms with Crippen molar-refractivity contribution in [2.75, 3.05) is 13.6 Å². The molecule has 0 bridgehead atoms. The van der Waals surface area contributed by atoms with Crippen LogP contribution in [0.5, 0.6) is 0 Å². The van der Waals surface area contributed by atoms with E-state index in [0.717, 1.165) is 0 Å². The maximum absolute atomic E-state index is 12.9. The van der Waals surface area contributed by atoms with Crippen molar-refractivity contribution in [3.63, 3.8) is 0 Å². The Bertz CT molecular complexity index is 421. The first kappa shape index (κ1) is 22.0. The first-order valence-corrected chi connectivity index (χ1v) is 4.99. The molecule has 0 aromatic carbocycles. The highest BCUT2D eigenvalue weighted by Gasteiger charge is 2.90. The lowest BCUT2D eigenvalue weighted by molar-refractivity contribution is -0.440. The predicted octanol–water partition coefficient (Wildman–Crippen LogP) is 4.54. The van der Waals surface area contributed by atoms with Crippen molar-refractivity contribution >= 4 is 0 Å². The largest absolute Gasteiger partial charge is 0.460 e. The molecule has 0 aliphatic heterocycles. The molecule has 140 valence electrons. The van der Waals surface area contributed by atoms with Gasteiger partial charge in [-0.3, -0.25) is 0 Å². The SMILES string of the molecule is CN(F)CC(F)(F)C(F)(F)C(F)(F)C(F)(F)C(F)(F)C(F)(F)F. The Hall–Kier alpha value is -1.02. The van der Waals surface area contributed by atoms with E-state index < -0.39 is 47.5 Å². The fourth-order valence-corrected chi connectivity index (χ4v) is 1.17. The van der Waals surface area contributed by atoms with Gasteiger partial charge in [0.15, 0.2) is 0 Å². The molecule has 0 aliphatic rings. The molecule has 0 amide bonds. The normalized spacial score (nSPS) is 16.2. The lowest BCUT2D eigenvalue weighted by atomic mass is 9.94. The average Bonchev–Trinajstić information content (AvgIpc) is 2.24. The van der Waals surface area contributed by atoms with Gasteiger partial charge in [0.25, 0.3) is 0 Å². The molecule has 0 spiro atoms. The summed E-state index contributed by atoms with van der Waals surface area (Å²) in [5, 5.41) is -1.38. The fraction of sp³-hybridized carbons (Fsp3) is 1.00. The second kappa shape index (κ2) is 5.51. The zero-order valence-electron chi connectivity index (χ0n) is 10.4. The number of halogens is 14. The van der Waals surface area contributed by atoms with Crippen molar-refractivity contribution in [2.45, 2.75) is 35.8 Å². The van der Waals surface area contributed by atoms with Crippen molar-refractivity contribution in [1.82, 2.24) is 5.12 Å². The number of hydrogen-bond acceptors (Lipinski definition) is 1. The molecule has 0 aromatic rings. The Morgan fingerprint density at radius 2 is 0.870 bits per heavy atom. The molecule has 23 heavy (non-hydrogen) atoms. The van der Waals surface area contributed by atoms with E-state index in [1.54, 1.807) is 0 Å². The van der Waals surface area contributed by atoms with E-state index in [-0.39, 0.29) is 7.05 Å². The van der Waals surface area contributed by atoms with Gasteiger partial charge in [0.05, 0.1) is 6.54 Å². The second-order valence-electron chi connectivity index (χ2n) is 4.26. The highest BCUT2D eigenvalue weighted by Crippen LogP contribution is 2.60. The Labute approximate surface area is 117 Å². The third-order valence-corrected chi connectivity index (χ3v) is 2.41. The fourth-order valence-electron chi connectivity index (χ4n) is 1.17. The Balaban J connectivity index is 6.14. The van der Waals surface area contributed by atoms with E-state index in [2.05, 4.69) is 0 Å². The van der Waals surface area contributed by atoms with Gasteiger partial charge in [-0.05, 0) is 0 Å². The molecule has 0 N–H and O–H groups in total. The topological polar surface area (TPSA) is 3.24 Å². The number of hydrogen-bond donors (Lipinski definition) is 0. The Morgan fingerprint density at radius 1 is 0.565 bits per heavy atom. The molecule has 0 aromatic heterocycles. The van der Waals surface area contributed by atoms with Gasteiger partial charge in [0.2, 0.25) is 0 Å². The summed E-state index contributed by atoms with van der Waals surface area (Å²) < 4.78 is 174. The monoisotopic (exact) mass is 381 g/mol. The minimum atomic E-state index is -7.96. The van der Waals surface area contributed by atoms with Crippen LogP contribution in [-0.4, -0.2) is 54.5 Å². The van der Waals surface area contributed by atoms with Gasteiger partial charge in [-0.1, -0.05) is 0 Å². The van der Waals surface area contributed by atoms with Gasteiger partial charge < -0.3 is 0 Å². The van der Waals surface area contributed by atoms with Crippen molar-refractivity contribution in [2.24, 2.45) is 0 Å². The van der Waals surface area contributed by atoms with Gasteiger partial charge in [0.1, 0.15) is 0 Å². The third-order valence-electron chi connectivity index (χ3n) is 2.41. The zero-order valence-corrected chi connectivity index (χ0v) is 10.4. The van der Waals surface area contributed by atoms with Crippen LogP contribution in [0.4, 0.5) is 61.6 Å².